The van der Waals surface area contributed by atoms with E-state index in [2.05, 4.69) is 31.1 Å². The topological polar surface area (TPSA) is 111 Å². The summed E-state index contributed by atoms with van der Waals surface area (Å²) >= 11 is 0. The quantitative estimate of drug-likeness (QED) is 0.453. The van der Waals surface area contributed by atoms with Gasteiger partial charge in [0.2, 0.25) is 5.89 Å². The molecule has 0 aliphatic carbocycles. The van der Waals surface area contributed by atoms with Crippen LogP contribution < -0.4 is 5.73 Å². The van der Waals surface area contributed by atoms with E-state index < -0.39 is 0 Å². The van der Waals surface area contributed by atoms with Gasteiger partial charge in [-0.25, -0.2) is 9.97 Å². The molecule has 1 unspecified atom stereocenters. The number of nitrogens with zero attached hydrogens (tertiary/aromatic N) is 5. The van der Waals surface area contributed by atoms with E-state index >= 15 is 0 Å². The van der Waals surface area contributed by atoms with E-state index in [0.717, 1.165) is 36.0 Å². The average molecular weight is 438 g/mol. The van der Waals surface area contributed by atoms with Gasteiger partial charge in [-0.15, -0.1) is 10.2 Å². The summed E-state index contributed by atoms with van der Waals surface area (Å²) < 4.78 is 5.82. The maximum atomic E-state index is 11.8. The molecule has 0 saturated heterocycles. The minimum atomic E-state index is -0.271. The summed E-state index contributed by atoms with van der Waals surface area (Å²) in [5, 5.41) is 8.24. The third-order valence-corrected chi connectivity index (χ3v) is 5.68. The zero-order valence-corrected chi connectivity index (χ0v) is 17.8. The smallest absolute Gasteiger partial charge is 0.270 e. The van der Waals surface area contributed by atoms with Crippen molar-refractivity contribution in [3.8, 4) is 23.0 Å². The molecule has 8 nitrogen and oxygen atoms in total. The van der Waals surface area contributed by atoms with E-state index in [0.29, 0.717) is 23.8 Å². The van der Waals surface area contributed by atoms with Gasteiger partial charge < -0.3 is 14.9 Å². The van der Waals surface area contributed by atoms with Gasteiger partial charge in [0.1, 0.15) is 6.29 Å². The highest BCUT2D eigenvalue weighted by molar-refractivity contribution is 5.70. The predicted molar refractivity (Wildman–Crippen MR) is 125 cm³/mol. The Bertz CT molecular complexity index is 1290. The molecule has 8 heteroatoms. The summed E-state index contributed by atoms with van der Waals surface area (Å²) in [6, 6.07) is 19.0. The highest BCUT2D eigenvalue weighted by atomic mass is 16.4. The van der Waals surface area contributed by atoms with Crippen molar-refractivity contribution in [2.24, 2.45) is 0 Å². The molecule has 1 atom stereocenters. The van der Waals surface area contributed by atoms with Crippen LogP contribution in [0.15, 0.2) is 77.4 Å². The van der Waals surface area contributed by atoms with Crippen molar-refractivity contribution >= 4 is 17.7 Å². The standard InChI is InChI=1S/C25H22N6O2/c26-23-22(25-30-29-24(33-25)19-9-5-2-6-10-19)28-20(15-27-23)17-11-13-31(14-12-17)21(16-32)18-7-3-1-4-8-18/h1-11,15-16,21H,12-14H2,(H2,26,27). The first-order valence-corrected chi connectivity index (χ1v) is 10.7. The Morgan fingerprint density at radius 1 is 1.00 bits per heavy atom. The lowest BCUT2D eigenvalue weighted by Gasteiger charge is -2.31. The van der Waals surface area contributed by atoms with Gasteiger partial charge in [0.15, 0.2) is 11.5 Å². The lowest BCUT2D eigenvalue weighted by atomic mass is 10.0. The SMILES string of the molecule is Nc1ncc(C2=CCN(C(C=O)c3ccccc3)CC2)nc1-c1nnc(-c2ccccc2)o1. The summed E-state index contributed by atoms with van der Waals surface area (Å²) in [6.45, 7) is 1.36. The first kappa shape index (κ1) is 20.7. The summed E-state index contributed by atoms with van der Waals surface area (Å²) in [6.07, 6.45) is 5.46. The van der Waals surface area contributed by atoms with Crippen LogP contribution in [0, 0.1) is 0 Å². The van der Waals surface area contributed by atoms with Crippen LogP contribution in [0.4, 0.5) is 5.82 Å². The molecule has 0 amide bonds. The normalized spacial score (nSPS) is 15.1. The monoisotopic (exact) mass is 438 g/mol. The minimum Gasteiger partial charge on any atom is -0.414 e. The second kappa shape index (κ2) is 9.13. The number of anilines is 1. The van der Waals surface area contributed by atoms with Crippen LogP contribution in [0.25, 0.3) is 28.6 Å². The number of nitrogens with two attached hydrogens (primary N) is 1. The molecule has 0 saturated carbocycles. The summed E-state index contributed by atoms with van der Waals surface area (Å²) in [5.74, 6) is 0.847. The van der Waals surface area contributed by atoms with Crippen molar-refractivity contribution in [3.63, 3.8) is 0 Å². The molecule has 4 aromatic rings. The molecular weight excluding hydrogens is 416 g/mol. The highest BCUT2D eigenvalue weighted by Gasteiger charge is 2.24. The Balaban J connectivity index is 1.38. The molecule has 0 fully saturated rings. The van der Waals surface area contributed by atoms with Gasteiger partial charge in [0.25, 0.3) is 5.89 Å². The van der Waals surface area contributed by atoms with Crippen LogP contribution in [0.1, 0.15) is 23.7 Å². The van der Waals surface area contributed by atoms with E-state index in [-0.39, 0.29) is 17.8 Å². The fourth-order valence-corrected chi connectivity index (χ4v) is 3.92. The molecule has 2 aromatic heterocycles. The molecule has 5 rings (SSSR count). The number of carbonyl (C=O) groups is 1. The number of hydrogen-bond acceptors (Lipinski definition) is 8. The maximum Gasteiger partial charge on any atom is 0.270 e. The van der Waals surface area contributed by atoms with E-state index in [1.165, 1.54) is 0 Å². The molecule has 2 N–H and O–H groups in total. The number of rotatable bonds is 6. The van der Waals surface area contributed by atoms with Crippen LogP contribution in [-0.2, 0) is 4.79 Å². The first-order chi connectivity index (χ1) is 16.2. The van der Waals surface area contributed by atoms with Gasteiger partial charge in [0, 0.05) is 18.7 Å². The number of benzene rings is 2. The zero-order valence-electron chi connectivity index (χ0n) is 17.8. The van der Waals surface area contributed by atoms with Crippen molar-refractivity contribution in [1.82, 2.24) is 25.1 Å². The molecule has 1 aliphatic rings. The lowest BCUT2D eigenvalue weighted by molar-refractivity contribution is -0.112. The second-order valence-corrected chi connectivity index (χ2v) is 7.73. The van der Waals surface area contributed by atoms with Gasteiger partial charge >= 0.3 is 0 Å². The average Bonchev–Trinajstić information content (AvgIpc) is 3.37. The maximum absolute atomic E-state index is 11.8. The van der Waals surface area contributed by atoms with Gasteiger partial charge in [-0.3, -0.25) is 4.90 Å². The van der Waals surface area contributed by atoms with E-state index in [9.17, 15) is 4.79 Å². The zero-order chi connectivity index (χ0) is 22.6. The molecule has 33 heavy (non-hydrogen) atoms. The van der Waals surface area contributed by atoms with Crippen molar-refractivity contribution in [3.05, 3.63) is 84.2 Å². The minimum absolute atomic E-state index is 0.226. The summed E-state index contributed by atoms with van der Waals surface area (Å²) in [5.41, 5.74) is 10.00. The van der Waals surface area contributed by atoms with Crippen LogP contribution >= 0.6 is 0 Å². The second-order valence-electron chi connectivity index (χ2n) is 7.73. The van der Waals surface area contributed by atoms with Crippen LogP contribution in [-0.4, -0.2) is 44.4 Å². The highest BCUT2D eigenvalue weighted by Crippen LogP contribution is 2.30. The fourth-order valence-electron chi connectivity index (χ4n) is 3.92. The molecule has 164 valence electrons. The third kappa shape index (κ3) is 4.28. The van der Waals surface area contributed by atoms with Gasteiger partial charge in [-0.1, -0.05) is 54.6 Å². The lowest BCUT2D eigenvalue weighted by Crippen LogP contribution is -2.33. The molecule has 2 aromatic carbocycles. The Morgan fingerprint density at radius 2 is 1.73 bits per heavy atom. The predicted octanol–water partition coefficient (Wildman–Crippen LogP) is 3.81. The molecule has 0 spiro atoms. The van der Waals surface area contributed by atoms with Gasteiger partial charge in [0.05, 0.1) is 17.9 Å². The molecule has 0 radical (unpaired) electrons. The first-order valence-electron chi connectivity index (χ1n) is 10.7. The molecule has 1 aliphatic heterocycles. The number of nitrogen functional groups attached to an aromatic ring is 1. The molecular formula is C25H22N6O2. The Morgan fingerprint density at radius 3 is 2.42 bits per heavy atom. The number of aromatic nitrogens is 4. The van der Waals surface area contributed by atoms with Crippen molar-refractivity contribution < 1.29 is 9.21 Å². The third-order valence-electron chi connectivity index (χ3n) is 5.68. The van der Waals surface area contributed by atoms with Crippen molar-refractivity contribution in [2.45, 2.75) is 12.5 Å². The molecule has 3 heterocycles. The van der Waals surface area contributed by atoms with Crippen LogP contribution in [0.5, 0.6) is 0 Å². The summed E-state index contributed by atoms with van der Waals surface area (Å²) in [7, 11) is 0. The van der Waals surface area contributed by atoms with Crippen LogP contribution in [0.3, 0.4) is 0 Å². The fraction of sp³-hybridized carbons (Fsp3) is 0.160. The van der Waals surface area contributed by atoms with Crippen molar-refractivity contribution in [2.75, 3.05) is 18.8 Å². The van der Waals surface area contributed by atoms with Crippen LogP contribution in [0.2, 0.25) is 0 Å². The van der Waals surface area contributed by atoms with E-state index in [1.807, 2.05) is 60.7 Å². The Labute approximate surface area is 190 Å². The van der Waals surface area contributed by atoms with E-state index in [1.54, 1.807) is 6.20 Å². The van der Waals surface area contributed by atoms with E-state index in [4.69, 9.17) is 10.2 Å². The van der Waals surface area contributed by atoms with Crippen molar-refractivity contribution in [1.29, 1.82) is 0 Å². The summed E-state index contributed by atoms with van der Waals surface area (Å²) in [4.78, 5) is 22.9. The molecule has 0 bridgehead atoms. The number of hydrogen-bond donors (Lipinski definition) is 1. The Kier molecular flexibility index (Phi) is 5.73. The Hall–Kier alpha value is -4.17. The van der Waals surface area contributed by atoms with Gasteiger partial charge in [-0.05, 0) is 29.7 Å². The number of carbonyl (C=O) groups excluding carboxylic acids is 1. The number of aldehydes is 1. The largest absolute Gasteiger partial charge is 0.414 e. The van der Waals surface area contributed by atoms with Gasteiger partial charge in [-0.2, -0.15) is 0 Å².